The Morgan fingerprint density at radius 1 is 1.28 bits per heavy atom. The minimum Gasteiger partial charge on any atom is -0.369 e. The highest BCUT2D eigenvalue weighted by Gasteiger charge is 2.68. The predicted molar refractivity (Wildman–Crippen MR) is 112 cm³/mol. The molecule has 2 heterocycles. The first-order valence-electron chi connectivity index (χ1n) is 11.0. The van der Waals surface area contributed by atoms with Crippen molar-refractivity contribution in [2.45, 2.75) is 56.9 Å². The maximum absolute atomic E-state index is 13.9. The summed E-state index contributed by atoms with van der Waals surface area (Å²) < 4.78 is 0. The Balaban J connectivity index is 1.69. The van der Waals surface area contributed by atoms with Gasteiger partial charge in [0.05, 0.1) is 11.2 Å². The van der Waals surface area contributed by atoms with E-state index in [4.69, 9.17) is 5.73 Å². The number of rotatable bonds is 5. The number of primary amides is 1. The van der Waals surface area contributed by atoms with Crippen LogP contribution in [0.15, 0.2) is 12.2 Å². The van der Waals surface area contributed by atoms with Crippen molar-refractivity contribution >= 4 is 29.4 Å². The molecule has 4 aliphatic rings. The minimum atomic E-state index is -1.65. The van der Waals surface area contributed by atoms with Crippen LogP contribution in [-0.2, 0) is 14.4 Å². The van der Waals surface area contributed by atoms with Gasteiger partial charge in [-0.1, -0.05) is 38.8 Å². The number of hydrogen-bond donors (Lipinski definition) is 2. The number of ketones is 1. The second-order valence-electron chi connectivity index (χ2n) is 9.15. The summed E-state index contributed by atoms with van der Waals surface area (Å²) in [4.78, 5) is 40.7. The van der Waals surface area contributed by atoms with Gasteiger partial charge in [0.2, 0.25) is 11.8 Å². The molecule has 29 heavy (non-hydrogen) atoms. The van der Waals surface area contributed by atoms with Crippen LogP contribution in [0.2, 0.25) is 0 Å². The van der Waals surface area contributed by atoms with Gasteiger partial charge in [-0.3, -0.25) is 14.4 Å². The number of amides is 2. The fraction of sp³-hybridized carbons (Fsp3) is 0.773. The molecular weight excluding hydrogens is 388 g/mol. The van der Waals surface area contributed by atoms with Gasteiger partial charge >= 0.3 is 0 Å². The van der Waals surface area contributed by atoms with E-state index in [0.717, 1.165) is 19.3 Å². The maximum Gasteiger partial charge on any atom is 0.236 e. The fourth-order valence-corrected chi connectivity index (χ4v) is 7.76. The number of nitrogens with zero attached hydrogens (tertiary/aromatic N) is 1. The summed E-state index contributed by atoms with van der Waals surface area (Å²) in [7, 11) is 0. The van der Waals surface area contributed by atoms with Crippen LogP contribution in [0.5, 0.6) is 0 Å². The van der Waals surface area contributed by atoms with Crippen molar-refractivity contribution in [2.75, 3.05) is 12.3 Å². The highest BCUT2D eigenvalue weighted by Crippen LogP contribution is 2.52. The van der Waals surface area contributed by atoms with Gasteiger partial charge < -0.3 is 15.7 Å². The molecule has 2 aliphatic heterocycles. The number of fused-ring (bicyclic) bond motifs is 2. The highest BCUT2D eigenvalue weighted by molar-refractivity contribution is 8.00. The van der Waals surface area contributed by atoms with Crippen molar-refractivity contribution in [3.63, 3.8) is 0 Å². The van der Waals surface area contributed by atoms with Gasteiger partial charge in [0.15, 0.2) is 11.5 Å². The van der Waals surface area contributed by atoms with Crippen LogP contribution in [0.25, 0.3) is 0 Å². The zero-order valence-corrected chi connectivity index (χ0v) is 18.1. The molecular formula is C22H32N2O4S. The van der Waals surface area contributed by atoms with Gasteiger partial charge in [-0.25, -0.2) is 0 Å². The number of thioether (sulfide) groups is 1. The van der Waals surface area contributed by atoms with E-state index < -0.39 is 28.7 Å². The average Bonchev–Trinajstić information content (AvgIpc) is 3.14. The van der Waals surface area contributed by atoms with Crippen molar-refractivity contribution in [3.8, 4) is 0 Å². The van der Waals surface area contributed by atoms with Gasteiger partial charge in [-0.15, -0.1) is 0 Å². The standard InChI is InChI=1S/C22H32N2O4S/c1-3-29-19-17(21(27)24-11-10-15(20(23)26)22(19,24)28)18(25)16-12(2)8-9-13-6-4-5-7-14(13)16/h8-9,12-17,19,28H,3-7,10-11H2,1-2H3,(H2,23,26)/t12-,13+,14-,15-,16?,17-,19+,22+/m0/s1. The van der Waals surface area contributed by atoms with Gasteiger partial charge in [0.25, 0.3) is 0 Å². The Bertz CT molecular complexity index is 740. The highest BCUT2D eigenvalue weighted by atomic mass is 32.2. The summed E-state index contributed by atoms with van der Waals surface area (Å²) in [6.07, 6.45) is 9.18. The molecule has 0 radical (unpaired) electrons. The van der Waals surface area contributed by atoms with Crippen LogP contribution in [0, 0.1) is 35.5 Å². The molecule has 2 aliphatic carbocycles. The second kappa shape index (κ2) is 7.73. The van der Waals surface area contributed by atoms with Gasteiger partial charge in [-0.05, 0) is 42.8 Å². The number of nitrogens with two attached hydrogens (primary N) is 1. The summed E-state index contributed by atoms with van der Waals surface area (Å²) in [6.45, 7) is 4.28. The normalized spacial score (nSPS) is 43.9. The Morgan fingerprint density at radius 2 is 2.00 bits per heavy atom. The van der Waals surface area contributed by atoms with E-state index in [-0.39, 0.29) is 36.0 Å². The monoisotopic (exact) mass is 420 g/mol. The number of Topliss-reactive ketones (excluding diaryl/α,β-unsaturated/α-hetero) is 1. The van der Waals surface area contributed by atoms with E-state index in [1.54, 1.807) is 0 Å². The number of aliphatic hydroxyl groups is 1. The summed E-state index contributed by atoms with van der Waals surface area (Å²) >= 11 is 1.41. The molecule has 160 valence electrons. The smallest absolute Gasteiger partial charge is 0.236 e. The van der Waals surface area contributed by atoms with Crippen LogP contribution >= 0.6 is 11.8 Å². The lowest BCUT2D eigenvalue weighted by molar-refractivity contribution is -0.149. The molecule has 0 spiro atoms. The molecule has 7 heteroatoms. The second-order valence-corrected chi connectivity index (χ2v) is 10.6. The first-order valence-corrected chi connectivity index (χ1v) is 12.0. The number of carbonyl (C=O) groups excluding carboxylic acids is 3. The molecule has 6 nitrogen and oxygen atoms in total. The van der Waals surface area contributed by atoms with Crippen molar-refractivity contribution in [2.24, 2.45) is 41.2 Å². The van der Waals surface area contributed by atoms with Crippen molar-refractivity contribution in [1.29, 1.82) is 0 Å². The lowest BCUT2D eigenvalue weighted by Crippen LogP contribution is -2.54. The number of hydrogen-bond acceptors (Lipinski definition) is 5. The van der Waals surface area contributed by atoms with Crippen LogP contribution in [-0.4, -0.2) is 50.9 Å². The van der Waals surface area contributed by atoms with Crippen LogP contribution < -0.4 is 5.73 Å². The zero-order chi connectivity index (χ0) is 20.9. The summed E-state index contributed by atoms with van der Waals surface area (Å²) in [5.74, 6) is -1.46. The summed E-state index contributed by atoms with van der Waals surface area (Å²) in [6, 6.07) is 0. The Hall–Kier alpha value is -1.34. The lowest BCUT2D eigenvalue weighted by atomic mass is 9.62. The van der Waals surface area contributed by atoms with E-state index in [9.17, 15) is 19.5 Å². The molecule has 1 unspecified atom stereocenters. The van der Waals surface area contributed by atoms with Crippen LogP contribution in [0.3, 0.4) is 0 Å². The van der Waals surface area contributed by atoms with Crippen molar-refractivity contribution < 1.29 is 19.5 Å². The molecule has 0 aromatic rings. The van der Waals surface area contributed by atoms with Crippen molar-refractivity contribution in [1.82, 2.24) is 4.90 Å². The Morgan fingerprint density at radius 3 is 2.69 bits per heavy atom. The van der Waals surface area contributed by atoms with E-state index in [2.05, 4.69) is 19.1 Å². The van der Waals surface area contributed by atoms with Gasteiger partial charge in [-0.2, -0.15) is 11.8 Å². The van der Waals surface area contributed by atoms with E-state index >= 15 is 0 Å². The topological polar surface area (TPSA) is 101 Å². The molecule has 2 amide bonds. The molecule has 0 aromatic heterocycles. The predicted octanol–water partition coefficient (Wildman–Crippen LogP) is 1.96. The first-order chi connectivity index (χ1) is 13.8. The SMILES string of the molecule is CCS[C@@H]1[C@H](C(=O)C2[C@H]3CCCC[C@@H]3C=C[C@@H]2C)C(=O)N2CC[C@@H](C(N)=O)[C@@]12O. The molecule has 2 saturated heterocycles. The molecule has 0 bridgehead atoms. The minimum absolute atomic E-state index is 0.0410. The Kier molecular flexibility index (Phi) is 5.57. The van der Waals surface area contributed by atoms with E-state index in [1.165, 1.54) is 23.1 Å². The lowest BCUT2D eigenvalue weighted by Gasteiger charge is -2.42. The summed E-state index contributed by atoms with van der Waals surface area (Å²) in [5, 5.41) is 10.9. The molecule has 0 aromatic carbocycles. The quantitative estimate of drug-likeness (QED) is 0.523. The van der Waals surface area contributed by atoms with Crippen LogP contribution in [0.1, 0.15) is 46.0 Å². The van der Waals surface area contributed by atoms with E-state index in [0.29, 0.717) is 18.1 Å². The van der Waals surface area contributed by atoms with E-state index in [1.807, 2.05) is 6.92 Å². The average molecular weight is 421 g/mol. The molecule has 3 N–H and O–H groups in total. The third-order valence-electron chi connectivity index (χ3n) is 7.73. The van der Waals surface area contributed by atoms with Gasteiger partial charge in [0, 0.05) is 12.5 Å². The fourth-order valence-electron chi connectivity index (χ4n) is 6.42. The zero-order valence-electron chi connectivity index (χ0n) is 17.3. The molecule has 8 atom stereocenters. The molecule has 4 rings (SSSR count). The largest absolute Gasteiger partial charge is 0.369 e. The third-order valence-corrected chi connectivity index (χ3v) is 9.04. The number of carbonyl (C=O) groups is 3. The molecule has 1 saturated carbocycles. The maximum atomic E-state index is 13.9. The Labute approximate surface area is 176 Å². The molecule has 3 fully saturated rings. The number of allylic oxidation sites excluding steroid dienone is 2. The third kappa shape index (κ3) is 3.07. The van der Waals surface area contributed by atoms with Gasteiger partial charge in [0.1, 0.15) is 5.92 Å². The van der Waals surface area contributed by atoms with Crippen LogP contribution in [0.4, 0.5) is 0 Å². The first kappa shape index (κ1) is 20.9. The summed E-state index contributed by atoms with van der Waals surface area (Å²) in [5.41, 5.74) is 3.93. The van der Waals surface area contributed by atoms with Crippen molar-refractivity contribution in [3.05, 3.63) is 12.2 Å².